The molecular weight excluding hydrogens is 234 g/mol. The van der Waals surface area contributed by atoms with Crippen LogP contribution in [0.3, 0.4) is 0 Å². The minimum atomic E-state index is 0.542. The molecule has 1 aromatic rings. The number of hydrogen-bond acceptors (Lipinski definition) is 3. The maximum Gasteiger partial charge on any atom is 0.128 e. The first kappa shape index (κ1) is 15.7. The molecular formula is C16H27N3. The number of allylic oxidation sites excluding steroid dienone is 1. The van der Waals surface area contributed by atoms with Gasteiger partial charge in [0.25, 0.3) is 0 Å². The molecule has 0 aliphatic carbocycles. The highest BCUT2D eigenvalue weighted by Gasteiger charge is 2.21. The smallest absolute Gasteiger partial charge is 0.128 e. The lowest BCUT2D eigenvalue weighted by molar-refractivity contribution is 0.405. The average Bonchev–Trinajstić information content (AvgIpc) is 2.39. The monoisotopic (exact) mass is 261 g/mol. The van der Waals surface area contributed by atoms with E-state index in [9.17, 15) is 0 Å². The van der Waals surface area contributed by atoms with E-state index in [1.807, 2.05) is 25.3 Å². The van der Waals surface area contributed by atoms with Crippen molar-refractivity contribution in [3.63, 3.8) is 0 Å². The highest BCUT2D eigenvalue weighted by Crippen LogP contribution is 2.13. The topological polar surface area (TPSA) is 28.2 Å². The van der Waals surface area contributed by atoms with Crippen LogP contribution in [0.1, 0.15) is 34.1 Å². The van der Waals surface area contributed by atoms with Crippen molar-refractivity contribution in [2.45, 2.75) is 46.2 Å². The van der Waals surface area contributed by atoms with E-state index in [0.29, 0.717) is 12.1 Å². The molecule has 19 heavy (non-hydrogen) atoms. The minimum absolute atomic E-state index is 0.542. The first-order chi connectivity index (χ1) is 9.02. The van der Waals surface area contributed by atoms with Gasteiger partial charge in [0.1, 0.15) is 5.82 Å². The van der Waals surface area contributed by atoms with Gasteiger partial charge in [0.2, 0.25) is 0 Å². The summed E-state index contributed by atoms with van der Waals surface area (Å²) in [5.41, 5.74) is 1.25. The first-order valence-electron chi connectivity index (χ1n) is 7.09. The number of pyridine rings is 1. The molecule has 1 aliphatic rings. The SMILES string of the molecule is C=C(C)CC.C[C@@H]1CN(c2ccccn2)C[C@H](C)N1. The third kappa shape index (κ3) is 5.88. The van der Waals surface area contributed by atoms with Crippen molar-refractivity contribution in [2.75, 3.05) is 18.0 Å². The van der Waals surface area contributed by atoms with Crippen molar-refractivity contribution in [2.24, 2.45) is 0 Å². The van der Waals surface area contributed by atoms with Crippen LogP contribution in [0.5, 0.6) is 0 Å². The molecule has 0 saturated carbocycles. The number of nitrogens with zero attached hydrogens (tertiary/aromatic N) is 2. The van der Waals surface area contributed by atoms with Crippen LogP contribution >= 0.6 is 0 Å². The van der Waals surface area contributed by atoms with E-state index >= 15 is 0 Å². The van der Waals surface area contributed by atoms with Crippen LogP contribution in [0.25, 0.3) is 0 Å². The van der Waals surface area contributed by atoms with Crippen molar-refractivity contribution in [1.29, 1.82) is 0 Å². The molecule has 3 nitrogen and oxygen atoms in total. The van der Waals surface area contributed by atoms with Crippen molar-refractivity contribution < 1.29 is 0 Å². The molecule has 1 fully saturated rings. The van der Waals surface area contributed by atoms with Crippen LogP contribution in [-0.4, -0.2) is 30.2 Å². The molecule has 3 heteroatoms. The van der Waals surface area contributed by atoms with Gasteiger partial charge in [-0.25, -0.2) is 4.98 Å². The van der Waals surface area contributed by atoms with Crippen molar-refractivity contribution in [3.8, 4) is 0 Å². The summed E-state index contributed by atoms with van der Waals surface area (Å²) < 4.78 is 0. The average molecular weight is 261 g/mol. The van der Waals surface area contributed by atoms with Gasteiger partial charge in [0.15, 0.2) is 0 Å². The van der Waals surface area contributed by atoms with Gasteiger partial charge in [-0.2, -0.15) is 0 Å². The largest absolute Gasteiger partial charge is 0.354 e. The van der Waals surface area contributed by atoms with Crippen LogP contribution in [0.15, 0.2) is 36.5 Å². The third-order valence-corrected chi connectivity index (χ3v) is 3.13. The molecule has 0 unspecified atom stereocenters. The fourth-order valence-electron chi connectivity index (χ4n) is 2.05. The Labute approximate surface area is 117 Å². The van der Waals surface area contributed by atoms with Crippen molar-refractivity contribution in [3.05, 3.63) is 36.5 Å². The van der Waals surface area contributed by atoms with Crippen LogP contribution in [0.2, 0.25) is 0 Å². The van der Waals surface area contributed by atoms with E-state index in [2.05, 4.69) is 48.6 Å². The van der Waals surface area contributed by atoms with E-state index in [-0.39, 0.29) is 0 Å². The quantitative estimate of drug-likeness (QED) is 0.828. The Kier molecular flexibility index (Phi) is 6.57. The highest BCUT2D eigenvalue weighted by atomic mass is 15.2. The van der Waals surface area contributed by atoms with Gasteiger partial charge in [-0.15, -0.1) is 6.58 Å². The molecule has 1 N–H and O–H groups in total. The van der Waals surface area contributed by atoms with Crippen LogP contribution < -0.4 is 10.2 Å². The summed E-state index contributed by atoms with van der Waals surface area (Å²) in [7, 11) is 0. The molecule has 1 aliphatic heterocycles. The summed E-state index contributed by atoms with van der Waals surface area (Å²) in [6, 6.07) is 7.16. The van der Waals surface area contributed by atoms with Gasteiger partial charge in [-0.1, -0.05) is 18.6 Å². The van der Waals surface area contributed by atoms with Crippen molar-refractivity contribution in [1.82, 2.24) is 10.3 Å². The predicted molar refractivity (Wildman–Crippen MR) is 83.6 cm³/mol. The Morgan fingerprint density at radius 1 is 1.37 bits per heavy atom. The molecule has 2 rings (SSSR count). The summed E-state index contributed by atoms with van der Waals surface area (Å²) in [5, 5.41) is 3.51. The number of rotatable bonds is 2. The molecule has 0 bridgehead atoms. The van der Waals surface area contributed by atoms with Gasteiger partial charge in [0, 0.05) is 31.4 Å². The molecule has 2 atom stereocenters. The second-order valence-electron chi connectivity index (χ2n) is 5.37. The molecule has 106 valence electrons. The Hall–Kier alpha value is -1.35. The normalized spacial score (nSPS) is 22.4. The molecule has 1 saturated heterocycles. The van der Waals surface area contributed by atoms with Crippen molar-refractivity contribution >= 4 is 5.82 Å². The Bertz CT molecular complexity index is 365. The fraction of sp³-hybridized carbons (Fsp3) is 0.562. The van der Waals surface area contributed by atoms with Gasteiger partial charge < -0.3 is 10.2 Å². The van der Waals surface area contributed by atoms with Gasteiger partial charge in [-0.05, 0) is 39.3 Å². The Balaban J connectivity index is 0.000000312. The van der Waals surface area contributed by atoms with Gasteiger partial charge >= 0.3 is 0 Å². The minimum Gasteiger partial charge on any atom is -0.354 e. The summed E-state index contributed by atoms with van der Waals surface area (Å²) in [4.78, 5) is 6.71. The highest BCUT2D eigenvalue weighted by molar-refractivity contribution is 5.38. The number of piperazine rings is 1. The summed E-state index contributed by atoms with van der Waals surface area (Å²) in [6.45, 7) is 14.3. The molecule has 0 spiro atoms. The lowest BCUT2D eigenvalue weighted by atomic mass is 10.1. The van der Waals surface area contributed by atoms with E-state index in [4.69, 9.17) is 0 Å². The standard InChI is InChI=1S/C11H17N3.C5H10/c1-9-7-14(8-10(2)13-9)11-5-3-4-6-12-11;1-4-5(2)3/h3-6,9-10,13H,7-8H2,1-2H3;2,4H2,1,3H3/t9-,10+;. The number of anilines is 1. The second kappa shape index (κ2) is 7.95. The third-order valence-electron chi connectivity index (χ3n) is 3.13. The van der Waals surface area contributed by atoms with Gasteiger partial charge in [-0.3, -0.25) is 0 Å². The molecule has 0 radical (unpaired) electrons. The number of nitrogens with one attached hydrogen (secondary N) is 1. The molecule has 2 heterocycles. The first-order valence-corrected chi connectivity index (χ1v) is 7.09. The summed E-state index contributed by atoms with van der Waals surface area (Å²) >= 11 is 0. The number of hydrogen-bond donors (Lipinski definition) is 1. The fourth-order valence-corrected chi connectivity index (χ4v) is 2.05. The Morgan fingerprint density at radius 3 is 2.37 bits per heavy atom. The maximum atomic E-state index is 4.37. The lowest BCUT2D eigenvalue weighted by Crippen LogP contribution is -2.54. The van der Waals surface area contributed by atoms with Crippen LogP contribution in [0, 0.1) is 0 Å². The lowest BCUT2D eigenvalue weighted by Gasteiger charge is -2.36. The van der Waals surface area contributed by atoms with Crippen LogP contribution in [-0.2, 0) is 0 Å². The van der Waals surface area contributed by atoms with E-state index in [1.54, 1.807) is 0 Å². The number of aromatic nitrogens is 1. The van der Waals surface area contributed by atoms with E-state index in [1.165, 1.54) is 5.57 Å². The zero-order valence-corrected chi connectivity index (χ0v) is 12.7. The maximum absolute atomic E-state index is 4.37. The zero-order valence-electron chi connectivity index (χ0n) is 12.7. The van der Waals surface area contributed by atoms with Crippen LogP contribution in [0.4, 0.5) is 5.82 Å². The van der Waals surface area contributed by atoms with Gasteiger partial charge in [0.05, 0.1) is 0 Å². The zero-order chi connectivity index (χ0) is 14.3. The Morgan fingerprint density at radius 2 is 1.95 bits per heavy atom. The molecule has 1 aromatic heterocycles. The van der Waals surface area contributed by atoms with E-state index < -0.39 is 0 Å². The van der Waals surface area contributed by atoms with E-state index in [0.717, 1.165) is 25.3 Å². The summed E-state index contributed by atoms with van der Waals surface area (Å²) in [5.74, 6) is 1.09. The molecule has 0 amide bonds. The summed E-state index contributed by atoms with van der Waals surface area (Å²) in [6.07, 6.45) is 2.96. The predicted octanol–water partition coefficient (Wildman–Crippen LogP) is 3.24. The molecule has 0 aromatic carbocycles. The second-order valence-corrected chi connectivity index (χ2v) is 5.37.